The van der Waals surface area contributed by atoms with Crippen molar-refractivity contribution in [2.45, 2.75) is 44.8 Å². The number of amides is 1. The van der Waals surface area contributed by atoms with E-state index in [1.54, 1.807) is 13.2 Å². The molecule has 20 heavy (non-hydrogen) atoms. The smallest absolute Gasteiger partial charge is 0.412 e. The Hall–Kier alpha value is -1.75. The molecule has 1 fully saturated rings. The largest absolute Gasteiger partial charge is 0.497 e. The van der Waals surface area contributed by atoms with E-state index in [1.165, 1.54) is 0 Å². The molecule has 0 heterocycles. The van der Waals surface area contributed by atoms with Gasteiger partial charge in [-0.1, -0.05) is 6.07 Å². The van der Waals surface area contributed by atoms with Gasteiger partial charge >= 0.3 is 6.09 Å². The number of hydrogen-bond acceptors (Lipinski definition) is 4. The van der Waals surface area contributed by atoms with Gasteiger partial charge in [-0.05, 0) is 45.2 Å². The predicted molar refractivity (Wildman–Crippen MR) is 78.0 cm³/mol. The SMILES string of the molecule is COc1ccc(C2(N)CC2)c(NC(=O)OC(C)(C)C)c1. The summed E-state index contributed by atoms with van der Waals surface area (Å²) in [6.45, 7) is 5.47. The van der Waals surface area contributed by atoms with Crippen molar-refractivity contribution in [2.75, 3.05) is 12.4 Å². The van der Waals surface area contributed by atoms with E-state index < -0.39 is 11.7 Å². The summed E-state index contributed by atoms with van der Waals surface area (Å²) in [4.78, 5) is 11.9. The zero-order valence-corrected chi connectivity index (χ0v) is 12.4. The molecule has 0 bridgehead atoms. The molecule has 1 aromatic rings. The molecule has 5 heteroatoms. The zero-order chi connectivity index (χ0) is 15.0. The lowest BCUT2D eigenvalue weighted by atomic mass is 10.0. The average Bonchev–Trinajstić information content (AvgIpc) is 3.05. The van der Waals surface area contributed by atoms with Crippen LogP contribution >= 0.6 is 0 Å². The first-order valence-corrected chi connectivity index (χ1v) is 6.71. The first kappa shape index (κ1) is 14.7. The van der Waals surface area contributed by atoms with Crippen molar-refractivity contribution >= 4 is 11.8 Å². The van der Waals surface area contributed by atoms with Gasteiger partial charge in [-0.3, -0.25) is 5.32 Å². The Morgan fingerprint density at radius 2 is 2.00 bits per heavy atom. The molecule has 5 nitrogen and oxygen atoms in total. The molecule has 1 aliphatic rings. The summed E-state index contributed by atoms with van der Waals surface area (Å²) in [5.74, 6) is 0.670. The summed E-state index contributed by atoms with van der Waals surface area (Å²) in [7, 11) is 1.58. The minimum atomic E-state index is -0.539. The number of anilines is 1. The first-order chi connectivity index (χ1) is 9.23. The maximum atomic E-state index is 11.9. The van der Waals surface area contributed by atoms with Gasteiger partial charge in [-0.25, -0.2) is 4.79 Å². The highest BCUT2D eigenvalue weighted by Gasteiger charge is 2.42. The van der Waals surface area contributed by atoms with Crippen LogP contribution < -0.4 is 15.8 Å². The van der Waals surface area contributed by atoms with Crippen molar-refractivity contribution in [3.63, 3.8) is 0 Å². The lowest BCUT2D eigenvalue weighted by Crippen LogP contribution is -2.28. The van der Waals surface area contributed by atoms with Crippen LogP contribution in [0.2, 0.25) is 0 Å². The predicted octanol–water partition coefficient (Wildman–Crippen LogP) is 2.99. The van der Waals surface area contributed by atoms with Crippen LogP contribution in [0.15, 0.2) is 18.2 Å². The molecule has 1 saturated carbocycles. The van der Waals surface area contributed by atoms with Gasteiger partial charge in [0.15, 0.2) is 0 Å². The van der Waals surface area contributed by atoms with Crippen LogP contribution in [0, 0.1) is 0 Å². The fraction of sp³-hybridized carbons (Fsp3) is 0.533. The molecule has 0 spiro atoms. The third-order valence-electron chi connectivity index (χ3n) is 3.19. The molecule has 0 aliphatic heterocycles. The number of rotatable bonds is 3. The maximum Gasteiger partial charge on any atom is 0.412 e. The van der Waals surface area contributed by atoms with E-state index in [0.29, 0.717) is 11.4 Å². The highest BCUT2D eigenvalue weighted by molar-refractivity contribution is 5.86. The molecule has 0 aromatic heterocycles. The van der Waals surface area contributed by atoms with Crippen LogP contribution in [0.1, 0.15) is 39.2 Å². The van der Waals surface area contributed by atoms with E-state index in [1.807, 2.05) is 32.9 Å². The molecule has 3 N–H and O–H groups in total. The Balaban J connectivity index is 2.22. The lowest BCUT2D eigenvalue weighted by Gasteiger charge is -2.22. The van der Waals surface area contributed by atoms with E-state index in [-0.39, 0.29) is 5.54 Å². The summed E-state index contributed by atoms with van der Waals surface area (Å²) in [6, 6.07) is 5.52. The van der Waals surface area contributed by atoms with E-state index in [4.69, 9.17) is 15.2 Å². The van der Waals surface area contributed by atoms with Gasteiger partial charge in [0.25, 0.3) is 0 Å². The zero-order valence-electron chi connectivity index (χ0n) is 12.4. The van der Waals surface area contributed by atoms with Gasteiger partial charge in [0.1, 0.15) is 11.4 Å². The van der Waals surface area contributed by atoms with E-state index >= 15 is 0 Å². The number of hydrogen-bond donors (Lipinski definition) is 2. The highest BCUT2D eigenvalue weighted by atomic mass is 16.6. The van der Waals surface area contributed by atoms with Gasteiger partial charge in [-0.15, -0.1) is 0 Å². The molecular weight excluding hydrogens is 256 g/mol. The number of nitrogens with two attached hydrogens (primary N) is 1. The van der Waals surface area contributed by atoms with Crippen LogP contribution in [0.4, 0.5) is 10.5 Å². The maximum absolute atomic E-state index is 11.9. The average molecular weight is 278 g/mol. The first-order valence-electron chi connectivity index (χ1n) is 6.71. The van der Waals surface area contributed by atoms with Crippen molar-refractivity contribution in [1.82, 2.24) is 0 Å². The topological polar surface area (TPSA) is 73.6 Å². The number of methoxy groups -OCH3 is 1. The van der Waals surface area contributed by atoms with Gasteiger partial charge in [0, 0.05) is 11.6 Å². The Morgan fingerprint density at radius 3 is 2.50 bits per heavy atom. The third-order valence-corrected chi connectivity index (χ3v) is 3.19. The molecular formula is C15H22N2O3. The number of ether oxygens (including phenoxy) is 2. The van der Waals surface area contributed by atoms with Crippen LogP contribution in [0.3, 0.4) is 0 Å². The minimum absolute atomic E-state index is 0.337. The van der Waals surface area contributed by atoms with E-state index in [2.05, 4.69) is 5.32 Å². The lowest BCUT2D eigenvalue weighted by molar-refractivity contribution is 0.0636. The van der Waals surface area contributed by atoms with Crippen LogP contribution in [0.5, 0.6) is 5.75 Å². The molecule has 110 valence electrons. The molecule has 0 atom stereocenters. The molecule has 1 amide bonds. The second-order valence-corrected chi connectivity index (χ2v) is 6.19. The van der Waals surface area contributed by atoms with Crippen molar-refractivity contribution in [1.29, 1.82) is 0 Å². The van der Waals surface area contributed by atoms with Gasteiger partial charge in [-0.2, -0.15) is 0 Å². The fourth-order valence-electron chi connectivity index (χ4n) is 2.01. The van der Waals surface area contributed by atoms with Crippen molar-refractivity contribution in [3.05, 3.63) is 23.8 Å². The summed E-state index contributed by atoms with van der Waals surface area (Å²) in [5.41, 5.74) is 6.93. The summed E-state index contributed by atoms with van der Waals surface area (Å²) in [5, 5.41) is 2.77. The molecule has 0 unspecified atom stereocenters. The summed E-state index contributed by atoms with van der Waals surface area (Å²) < 4.78 is 10.5. The van der Waals surface area contributed by atoms with Gasteiger partial charge in [0.05, 0.1) is 12.8 Å². The molecule has 1 aliphatic carbocycles. The Labute approximate surface area is 119 Å². The van der Waals surface area contributed by atoms with E-state index in [0.717, 1.165) is 18.4 Å². The quantitative estimate of drug-likeness (QED) is 0.891. The van der Waals surface area contributed by atoms with Crippen LogP contribution in [-0.4, -0.2) is 18.8 Å². The van der Waals surface area contributed by atoms with Crippen molar-refractivity contribution in [2.24, 2.45) is 5.73 Å². The third kappa shape index (κ3) is 3.42. The van der Waals surface area contributed by atoms with Crippen LogP contribution in [-0.2, 0) is 10.3 Å². The summed E-state index contributed by atoms with van der Waals surface area (Å²) in [6.07, 6.45) is 1.35. The molecule has 0 radical (unpaired) electrons. The second-order valence-electron chi connectivity index (χ2n) is 6.19. The fourth-order valence-corrected chi connectivity index (χ4v) is 2.01. The Kier molecular flexibility index (Phi) is 3.65. The number of carbonyl (C=O) groups is 1. The summed E-state index contributed by atoms with van der Waals surface area (Å²) >= 11 is 0. The monoisotopic (exact) mass is 278 g/mol. The molecule has 1 aromatic carbocycles. The Bertz CT molecular complexity index is 516. The second kappa shape index (κ2) is 4.98. The standard InChI is InChI=1S/C15H22N2O3/c1-14(2,3)20-13(18)17-12-9-10(19-4)5-6-11(12)15(16)7-8-15/h5-6,9H,7-8,16H2,1-4H3,(H,17,18). The normalized spacial score (nSPS) is 16.4. The minimum Gasteiger partial charge on any atom is -0.497 e. The molecule has 0 saturated heterocycles. The number of nitrogens with one attached hydrogen (secondary N) is 1. The molecule has 2 rings (SSSR count). The Morgan fingerprint density at radius 1 is 1.35 bits per heavy atom. The number of carbonyl (C=O) groups excluding carboxylic acids is 1. The van der Waals surface area contributed by atoms with Crippen molar-refractivity contribution < 1.29 is 14.3 Å². The highest BCUT2D eigenvalue weighted by Crippen LogP contribution is 2.46. The van der Waals surface area contributed by atoms with E-state index in [9.17, 15) is 4.79 Å². The van der Waals surface area contributed by atoms with Gasteiger partial charge in [0.2, 0.25) is 0 Å². The van der Waals surface area contributed by atoms with Crippen molar-refractivity contribution in [3.8, 4) is 5.75 Å². The number of benzene rings is 1. The van der Waals surface area contributed by atoms with Gasteiger partial charge < -0.3 is 15.2 Å². The van der Waals surface area contributed by atoms with Crippen LogP contribution in [0.25, 0.3) is 0 Å².